The molecule has 0 aliphatic carbocycles. The summed E-state index contributed by atoms with van der Waals surface area (Å²) in [5, 5.41) is 3.37. The van der Waals surface area contributed by atoms with E-state index in [1.165, 1.54) is 0 Å². The highest BCUT2D eigenvalue weighted by Gasteiger charge is 2.08. The minimum Gasteiger partial charge on any atom is -0.493 e. The molecule has 1 saturated heterocycles. The van der Waals surface area contributed by atoms with E-state index in [0.717, 1.165) is 73.9 Å². The molecule has 1 aliphatic heterocycles. The van der Waals surface area contributed by atoms with E-state index in [0.29, 0.717) is 0 Å². The number of benzene rings is 1. The number of aromatic nitrogens is 2. The van der Waals surface area contributed by atoms with E-state index < -0.39 is 0 Å². The van der Waals surface area contributed by atoms with Gasteiger partial charge in [0.15, 0.2) is 0 Å². The van der Waals surface area contributed by atoms with Crippen molar-refractivity contribution in [3.05, 3.63) is 29.6 Å². The molecule has 1 N–H and O–H groups in total. The Morgan fingerprint density at radius 2 is 1.82 bits per heavy atom. The van der Waals surface area contributed by atoms with Crippen LogP contribution in [0.15, 0.2) is 18.2 Å². The second-order valence-electron chi connectivity index (χ2n) is 5.84. The Hall–Kier alpha value is -1.72. The van der Waals surface area contributed by atoms with Crippen molar-refractivity contribution in [1.82, 2.24) is 20.2 Å². The number of aryl methyl sites for hydroxylation is 2. The van der Waals surface area contributed by atoms with Gasteiger partial charge in [0, 0.05) is 38.8 Å². The van der Waals surface area contributed by atoms with Gasteiger partial charge in [-0.05, 0) is 32.4 Å². The lowest BCUT2D eigenvalue weighted by Gasteiger charge is -2.26. The van der Waals surface area contributed by atoms with Crippen LogP contribution >= 0.6 is 0 Å². The molecule has 0 radical (unpaired) electrons. The minimum absolute atomic E-state index is 0.744. The van der Waals surface area contributed by atoms with Gasteiger partial charge in [-0.1, -0.05) is 0 Å². The molecule has 0 unspecified atom stereocenters. The summed E-state index contributed by atoms with van der Waals surface area (Å²) in [4.78, 5) is 11.6. The summed E-state index contributed by atoms with van der Waals surface area (Å²) in [5.41, 5.74) is 3.79. The highest BCUT2D eigenvalue weighted by atomic mass is 16.5. The van der Waals surface area contributed by atoms with Gasteiger partial charge in [-0.2, -0.15) is 0 Å². The van der Waals surface area contributed by atoms with Crippen LogP contribution in [0, 0.1) is 13.8 Å². The van der Waals surface area contributed by atoms with E-state index in [1.54, 1.807) is 0 Å². The highest BCUT2D eigenvalue weighted by molar-refractivity contribution is 5.76. The molecule has 1 aromatic heterocycles. The molecule has 1 fully saturated rings. The standard InChI is InChI=1S/C17H24N4O/c1-13-14(2)20-17-12-15(4-5-16(17)19-13)22-11-3-8-21-9-6-18-7-10-21/h4-5,12,18H,3,6-11H2,1-2H3. The van der Waals surface area contributed by atoms with Crippen LogP contribution in [-0.4, -0.2) is 54.2 Å². The first-order valence-corrected chi connectivity index (χ1v) is 8.03. The fourth-order valence-electron chi connectivity index (χ4n) is 2.71. The zero-order valence-corrected chi connectivity index (χ0v) is 13.4. The first-order chi connectivity index (χ1) is 10.7. The number of ether oxygens (including phenoxy) is 1. The molecule has 0 bridgehead atoms. The van der Waals surface area contributed by atoms with Gasteiger partial charge < -0.3 is 15.0 Å². The Balaban J connectivity index is 1.54. The maximum atomic E-state index is 5.87. The largest absolute Gasteiger partial charge is 0.493 e. The van der Waals surface area contributed by atoms with Crippen LogP contribution in [0.25, 0.3) is 11.0 Å². The van der Waals surface area contributed by atoms with Crippen molar-refractivity contribution in [2.45, 2.75) is 20.3 Å². The van der Waals surface area contributed by atoms with Crippen LogP contribution in [0.4, 0.5) is 0 Å². The van der Waals surface area contributed by atoms with Gasteiger partial charge in [0.1, 0.15) is 5.75 Å². The fourth-order valence-corrected chi connectivity index (χ4v) is 2.71. The zero-order chi connectivity index (χ0) is 15.4. The van der Waals surface area contributed by atoms with Gasteiger partial charge in [0.05, 0.1) is 29.0 Å². The van der Waals surface area contributed by atoms with Crippen LogP contribution in [0.5, 0.6) is 5.75 Å². The Morgan fingerprint density at radius 1 is 1.09 bits per heavy atom. The van der Waals surface area contributed by atoms with Crippen molar-refractivity contribution in [3.63, 3.8) is 0 Å². The van der Waals surface area contributed by atoms with E-state index in [1.807, 2.05) is 32.0 Å². The van der Waals surface area contributed by atoms with Gasteiger partial charge in [-0.15, -0.1) is 0 Å². The first kappa shape index (κ1) is 15.2. The molecular weight excluding hydrogens is 276 g/mol. The van der Waals surface area contributed by atoms with Crippen LogP contribution in [0.1, 0.15) is 17.8 Å². The van der Waals surface area contributed by atoms with Crippen molar-refractivity contribution < 1.29 is 4.74 Å². The monoisotopic (exact) mass is 300 g/mol. The van der Waals surface area contributed by atoms with Gasteiger partial charge >= 0.3 is 0 Å². The van der Waals surface area contributed by atoms with Gasteiger partial charge in [-0.25, -0.2) is 9.97 Å². The van der Waals surface area contributed by atoms with Crippen LogP contribution in [0.3, 0.4) is 0 Å². The molecule has 22 heavy (non-hydrogen) atoms. The first-order valence-electron chi connectivity index (χ1n) is 8.03. The number of fused-ring (bicyclic) bond motifs is 1. The van der Waals surface area contributed by atoms with Gasteiger partial charge in [0.25, 0.3) is 0 Å². The van der Waals surface area contributed by atoms with Crippen molar-refractivity contribution in [2.75, 3.05) is 39.3 Å². The van der Waals surface area contributed by atoms with E-state index in [9.17, 15) is 0 Å². The molecule has 1 aromatic carbocycles. The Morgan fingerprint density at radius 3 is 2.59 bits per heavy atom. The third kappa shape index (κ3) is 3.72. The van der Waals surface area contributed by atoms with Crippen LogP contribution in [0.2, 0.25) is 0 Å². The molecule has 0 amide bonds. The maximum absolute atomic E-state index is 5.87. The third-order valence-electron chi connectivity index (χ3n) is 4.14. The predicted octanol–water partition coefficient (Wildman–Crippen LogP) is 1.92. The van der Waals surface area contributed by atoms with Crippen LogP contribution < -0.4 is 10.1 Å². The molecule has 0 saturated carbocycles. The Kier molecular flexibility index (Phi) is 4.85. The zero-order valence-electron chi connectivity index (χ0n) is 13.4. The fraction of sp³-hybridized carbons (Fsp3) is 0.529. The number of hydrogen-bond donors (Lipinski definition) is 1. The SMILES string of the molecule is Cc1nc2ccc(OCCCN3CCNCC3)cc2nc1C. The lowest BCUT2D eigenvalue weighted by atomic mass is 10.2. The predicted molar refractivity (Wildman–Crippen MR) is 88.4 cm³/mol. The van der Waals surface area contributed by atoms with Gasteiger partial charge in [-0.3, -0.25) is 0 Å². The molecule has 0 atom stereocenters. The lowest BCUT2D eigenvalue weighted by Crippen LogP contribution is -2.43. The molecule has 1 aliphatic rings. The summed E-state index contributed by atoms with van der Waals surface area (Å²) in [6, 6.07) is 5.95. The van der Waals surface area contributed by atoms with Crippen molar-refractivity contribution >= 4 is 11.0 Å². The van der Waals surface area contributed by atoms with E-state index in [2.05, 4.69) is 20.2 Å². The molecule has 3 rings (SSSR count). The summed E-state index contributed by atoms with van der Waals surface area (Å²) in [7, 11) is 0. The summed E-state index contributed by atoms with van der Waals surface area (Å²) in [6.45, 7) is 10.3. The lowest BCUT2D eigenvalue weighted by molar-refractivity contribution is 0.214. The highest BCUT2D eigenvalue weighted by Crippen LogP contribution is 2.19. The topological polar surface area (TPSA) is 50.3 Å². The molecular formula is C17H24N4O. The summed E-state index contributed by atoms with van der Waals surface area (Å²) in [6.07, 6.45) is 1.05. The van der Waals surface area contributed by atoms with Gasteiger partial charge in [0.2, 0.25) is 0 Å². The number of nitrogens with zero attached hydrogens (tertiary/aromatic N) is 3. The van der Waals surface area contributed by atoms with Crippen molar-refractivity contribution in [2.24, 2.45) is 0 Å². The van der Waals surface area contributed by atoms with E-state index >= 15 is 0 Å². The Bertz CT molecular complexity index is 638. The normalized spacial score (nSPS) is 16.1. The second kappa shape index (κ2) is 7.03. The summed E-state index contributed by atoms with van der Waals surface area (Å²) in [5.74, 6) is 0.880. The molecule has 2 heterocycles. The van der Waals surface area contributed by atoms with Crippen molar-refractivity contribution in [1.29, 1.82) is 0 Å². The smallest absolute Gasteiger partial charge is 0.121 e. The minimum atomic E-state index is 0.744. The van der Waals surface area contributed by atoms with E-state index in [-0.39, 0.29) is 0 Å². The van der Waals surface area contributed by atoms with E-state index in [4.69, 9.17) is 4.74 Å². The summed E-state index contributed by atoms with van der Waals surface area (Å²) < 4.78 is 5.87. The van der Waals surface area contributed by atoms with Crippen molar-refractivity contribution in [3.8, 4) is 5.75 Å². The average molecular weight is 300 g/mol. The van der Waals surface area contributed by atoms with Crippen LogP contribution in [-0.2, 0) is 0 Å². The molecule has 118 valence electrons. The summed E-state index contributed by atoms with van der Waals surface area (Å²) >= 11 is 0. The molecule has 0 spiro atoms. The number of nitrogens with one attached hydrogen (secondary N) is 1. The quantitative estimate of drug-likeness (QED) is 0.855. The third-order valence-corrected chi connectivity index (χ3v) is 4.14. The number of hydrogen-bond acceptors (Lipinski definition) is 5. The molecule has 5 heteroatoms. The average Bonchev–Trinajstić information content (AvgIpc) is 2.54. The number of rotatable bonds is 5. The molecule has 2 aromatic rings. The Labute approximate surface area is 131 Å². The maximum Gasteiger partial charge on any atom is 0.121 e. The molecule has 5 nitrogen and oxygen atoms in total. The number of piperazine rings is 1. The second-order valence-corrected chi connectivity index (χ2v) is 5.84.